The number of anilines is 1. The van der Waals surface area contributed by atoms with E-state index in [-0.39, 0.29) is 12.6 Å². The molecular formula is C14H22N2O. The van der Waals surface area contributed by atoms with Gasteiger partial charge >= 0.3 is 0 Å². The highest BCUT2D eigenvalue weighted by atomic mass is 16.2. The quantitative estimate of drug-likeness (QED) is 0.820. The zero-order valence-electron chi connectivity index (χ0n) is 10.3. The molecule has 3 heteroatoms. The highest BCUT2D eigenvalue weighted by molar-refractivity contribution is 5.48. The molecule has 0 aromatic heterocycles. The third-order valence-corrected chi connectivity index (χ3v) is 3.47. The second kappa shape index (κ2) is 6.03. The summed E-state index contributed by atoms with van der Waals surface area (Å²) in [4.78, 5) is 2.42. The molecule has 1 aromatic rings. The van der Waals surface area contributed by atoms with Gasteiger partial charge in [-0.05, 0) is 43.4 Å². The van der Waals surface area contributed by atoms with Crippen molar-refractivity contribution >= 4 is 5.69 Å². The maximum atomic E-state index is 8.79. The lowest BCUT2D eigenvalue weighted by atomic mass is 10.0. The summed E-state index contributed by atoms with van der Waals surface area (Å²) in [5.74, 6) is 0. The van der Waals surface area contributed by atoms with Crippen LogP contribution < -0.4 is 10.6 Å². The normalized spacial score (nSPS) is 17.4. The summed E-state index contributed by atoms with van der Waals surface area (Å²) in [7, 11) is 0. The number of aliphatic hydroxyl groups is 1. The number of nitrogens with two attached hydrogens (primary N) is 1. The Balaban J connectivity index is 1.96. The molecule has 1 fully saturated rings. The first-order valence-corrected chi connectivity index (χ1v) is 6.52. The Labute approximate surface area is 103 Å². The van der Waals surface area contributed by atoms with Gasteiger partial charge in [-0.15, -0.1) is 0 Å². The molecule has 1 atom stereocenters. The van der Waals surface area contributed by atoms with E-state index < -0.39 is 0 Å². The molecule has 3 N–H and O–H groups in total. The van der Waals surface area contributed by atoms with Gasteiger partial charge in [0.1, 0.15) is 0 Å². The average Bonchev–Trinajstić information content (AvgIpc) is 2.90. The van der Waals surface area contributed by atoms with E-state index in [1.165, 1.54) is 37.2 Å². The molecule has 0 bridgehead atoms. The lowest BCUT2D eigenvalue weighted by Crippen LogP contribution is -2.17. The molecule has 0 aliphatic carbocycles. The lowest BCUT2D eigenvalue weighted by Gasteiger charge is -2.19. The van der Waals surface area contributed by atoms with Crippen LogP contribution in [0, 0.1) is 0 Å². The van der Waals surface area contributed by atoms with Crippen molar-refractivity contribution in [1.29, 1.82) is 0 Å². The van der Waals surface area contributed by atoms with Gasteiger partial charge in [0, 0.05) is 31.4 Å². The molecule has 0 spiro atoms. The molecule has 0 radical (unpaired) electrons. The molecule has 1 aliphatic heterocycles. The highest BCUT2D eigenvalue weighted by Crippen LogP contribution is 2.23. The van der Waals surface area contributed by atoms with E-state index in [9.17, 15) is 0 Å². The monoisotopic (exact) mass is 234 g/mol. The minimum absolute atomic E-state index is 0.0507. The van der Waals surface area contributed by atoms with Gasteiger partial charge in [-0.3, -0.25) is 0 Å². The first-order valence-electron chi connectivity index (χ1n) is 6.52. The fraction of sp³-hybridized carbons (Fsp3) is 0.571. The average molecular weight is 234 g/mol. The van der Waals surface area contributed by atoms with Crippen LogP contribution in [-0.2, 0) is 0 Å². The first-order chi connectivity index (χ1) is 8.31. The van der Waals surface area contributed by atoms with Crippen LogP contribution in [0.5, 0.6) is 0 Å². The predicted octanol–water partition coefficient (Wildman–Crippen LogP) is 2.06. The fourth-order valence-electron chi connectivity index (χ4n) is 2.39. The number of rotatable bonds is 5. The maximum absolute atomic E-state index is 8.79. The van der Waals surface area contributed by atoms with E-state index >= 15 is 0 Å². The Hall–Kier alpha value is -1.06. The molecule has 1 aliphatic rings. The molecule has 0 unspecified atom stereocenters. The van der Waals surface area contributed by atoms with Gasteiger partial charge in [0.05, 0.1) is 0 Å². The van der Waals surface area contributed by atoms with Crippen LogP contribution in [0.2, 0.25) is 0 Å². The van der Waals surface area contributed by atoms with Gasteiger partial charge in [0.25, 0.3) is 0 Å². The molecule has 1 heterocycles. The molecule has 1 aromatic carbocycles. The molecule has 2 rings (SSSR count). The van der Waals surface area contributed by atoms with E-state index in [2.05, 4.69) is 29.2 Å². The molecule has 94 valence electrons. The van der Waals surface area contributed by atoms with Crippen molar-refractivity contribution in [3.05, 3.63) is 29.8 Å². The van der Waals surface area contributed by atoms with Crippen LogP contribution in [-0.4, -0.2) is 24.8 Å². The van der Waals surface area contributed by atoms with E-state index in [1.807, 2.05) is 0 Å². The van der Waals surface area contributed by atoms with Crippen LogP contribution in [0.25, 0.3) is 0 Å². The Morgan fingerprint density at radius 2 is 1.82 bits per heavy atom. The van der Waals surface area contributed by atoms with Crippen LogP contribution in [0.15, 0.2) is 24.3 Å². The SMILES string of the molecule is N[C@@H](CCCO)c1ccc(N2CCCC2)cc1. The summed E-state index contributed by atoms with van der Waals surface area (Å²) in [6.07, 6.45) is 4.23. The summed E-state index contributed by atoms with van der Waals surface area (Å²) in [6, 6.07) is 8.62. The largest absolute Gasteiger partial charge is 0.396 e. The summed E-state index contributed by atoms with van der Waals surface area (Å²) >= 11 is 0. The molecule has 1 saturated heterocycles. The minimum Gasteiger partial charge on any atom is -0.396 e. The van der Waals surface area contributed by atoms with Gasteiger partial charge in [-0.1, -0.05) is 12.1 Å². The van der Waals surface area contributed by atoms with Crippen molar-refractivity contribution in [1.82, 2.24) is 0 Å². The summed E-state index contributed by atoms with van der Waals surface area (Å²) < 4.78 is 0. The maximum Gasteiger partial charge on any atom is 0.0431 e. The Bertz CT molecular complexity index is 331. The standard InChI is InChI=1S/C14H22N2O/c15-14(4-3-11-17)12-5-7-13(8-6-12)16-9-1-2-10-16/h5-8,14,17H,1-4,9-11,15H2/t14-/m0/s1. The van der Waals surface area contributed by atoms with Crippen molar-refractivity contribution in [2.24, 2.45) is 5.73 Å². The van der Waals surface area contributed by atoms with Gasteiger partial charge in [0.2, 0.25) is 0 Å². The zero-order chi connectivity index (χ0) is 12.1. The zero-order valence-corrected chi connectivity index (χ0v) is 10.3. The number of benzene rings is 1. The van der Waals surface area contributed by atoms with Gasteiger partial charge in [-0.2, -0.15) is 0 Å². The van der Waals surface area contributed by atoms with E-state index in [0.29, 0.717) is 0 Å². The van der Waals surface area contributed by atoms with Crippen molar-refractivity contribution in [2.75, 3.05) is 24.6 Å². The van der Waals surface area contributed by atoms with Crippen molar-refractivity contribution in [2.45, 2.75) is 31.7 Å². The molecular weight excluding hydrogens is 212 g/mol. The minimum atomic E-state index is 0.0507. The van der Waals surface area contributed by atoms with E-state index in [1.54, 1.807) is 0 Å². The lowest BCUT2D eigenvalue weighted by molar-refractivity contribution is 0.280. The second-order valence-electron chi connectivity index (χ2n) is 4.76. The van der Waals surface area contributed by atoms with Crippen LogP contribution in [0.4, 0.5) is 5.69 Å². The van der Waals surface area contributed by atoms with E-state index in [0.717, 1.165) is 12.8 Å². The highest BCUT2D eigenvalue weighted by Gasteiger charge is 2.12. The van der Waals surface area contributed by atoms with Gasteiger partial charge < -0.3 is 15.7 Å². The van der Waals surface area contributed by atoms with Crippen LogP contribution >= 0.6 is 0 Å². The van der Waals surface area contributed by atoms with Crippen molar-refractivity contribution < 1.29 is 5.11 Å². The van der Waals surface area contributed by atoms with Gasteiger partial charge in [-0.25, -0.2) is 0 Å². The summed E-state index contributed by atoms with van der Waals surface area (Å²) in [5, 5.41) is 8.79. The first kappa shape index (κ1) is 12.4. The number of hydrogen-bond acceptors (Lipinski definition) is 3. The molecule has 0 saturated carbocycles. The number of hydrogen-bond donors (Lipinski definition) is 2. The smallest absolute Gasteiger partial charge is 0.0431 e. The Morgan fingerprint density at radius 1 is 1.18 bits per heavy atom. The number of aliphatic hydroxyl groups excluding tert-OH is 1. The van der Waals surface area contributed by atoms with E-state index in [4.69, 9.17) is 10.8 Å². The predicted molar refractivity (Wildman–Crippen MR) is 71.1 cm³/mol. The third-order valence-electron chi connectivity index (χ3n) is 3.47. The van der Waals surface area contributed by atoms with Crippen molar-refractivity contribution in [3.63, 3.8) is 0 Å². The molecule has 3 nitrogen and oxygen atoms in total. The Kier molecular flexibility index (Phi) is 4.40. The van der Waals surface area contributed by atoms with Crippen LogP contribution in [0.3, 0.4) is 0 Å². The topological polar surface area (TPSA) is 49.5 Å². The third kappa shape index (κ3) is 3.20. The van der Waals surface area contributed by atoms with Crippen molar-refractivity contribution in [3.8, 4) is 0 Å². The molecule has 17 heavy (non-hydrogen) atoms. The van der Waals surface area contributed by atoms with Crippen LogP contribution in [0.1, 0.15) is 37.3 Å². The summed E-state index contributed by atoms with van der Waals surface area (Å²) in [6.45, 7) is 2.57. The Morgan fingerprint density at radius 3 is 2.41 bits per heavy atom. The fourth-order valence-corrected chi connectivity index (χ4v) is 2.39. The second-order valence-corrected chi connectivity index (χ2v) is 4.76. The number of nitrogens with zero attached hydrogens (tertiary/aromatic N) is 1. The van der Waals surface area contributed by atoms with Gasteiger partial charge in [0.15, 0.2) is 0 Å². The molecule has 0 amide bonds. The summed E-state index contributed by atoms with van der Waals surface area (Å²) in [5.41, 5.74) is 8.53.